The second-order valence-electron chi connectivity index (χ2n) is 5.04. The van der Waals surface area contributed by atoms with Crippen LogP contribution in [-0.4, -0.2) is 24.0 Å². The summed E-state index contributed by atoms with van der Waals surface area (Å²) in [4.78, 5) is 10.3. The van der Waals surface area contributed by atoms with E-state index in [0.717, 1.165) is 47.5 Å². The number of nitrogens with zero attached hydrogens (tertiary/aromatic N) is 2. The predicted molar refractivity (Wildman–Crippen MR) is 99.5 cm³/mol. The Morgan fingerprint density at radius 3 is 2.78 bits per heavy atom. The molecule has 2 N–H and O–H groups in total. The Hall–Kier alpha value is -1.59. The van der Waals surface area contributed by atoms with E-state index in [0.29, 0.717) is 6.54 Å². The minimum Gasteiger partial charge on any atom is -0.357 e. The van der Waals surface area contributed by atoms with Crippen LogP contribution in [0, 0.1) is 0 Å². The van der Waals surface area contributed by atoms with Crippen molar-refractivity contribution < 1.29 is 0 Å². The molecule has 0 aliphatic carbocycles. The van der Waals surface area contributed by atoms with E-state index in [2.05, 4.69) is 40.5 Å². The van der Waals surface area contributed by atoms with E-state index < -0.39 is 0 Å². The number of rotatable bonds is 7. The quantitative estimate of drug-likeness (QED) is 0.592. The van der Waals surface area contributed by atoms with Gasteiger partial charge in [-0.05, 0) is 31.4 Å². The second-order valence-corrected chi connectivity index (χ2v) is 6.64. The Morgan fingerprint density at radius 2 is 2.09 bits per heavy atom. The third-order valence-electron chi connectivity index (χ3n) is 3.31. The van der Waals surface area contributed by atoms with Crippen LogP contribution in [0.25, 0.3) is 0 Å². The van der Waals surface area contributed by atoms with Crippen LogP contribution in [0.4, 0.5) is 0 Å². The van der Waals surface area contributed by atoms with Crippen molar-refractivity contribution in [1.29, 1.82) is 0 Å². The van der Waals surface area contributed by atoms with E-state index >= 15 is 0 Å². The number of aryl methyl sites for hydroxylation is 1. The van der Waals surface area contributed by atoms with Crippen LogP contribution in [0.5, 0.6) is 0 Å². The smallest absolute Gasteiger partial charge is 0.191 e. The van der Waals surface area contributed by atoms with Gasteiger partial charge in [0, 0.05) is 29.2 Å². The Morgan fingerprint density at radius 1 is 1.26 bits per heavy atom. The molecule has 23 heavy (non-hydrogen) atoms. The van der Waals surface area contributed by atoms with Gasteiger partial charge in [0.2, 0.25) is 0 Å². The molecular weight excluding hydrogens is 328 g/mol. The van der Waals surface area contributed by atoms with Crippen molar-refractivity contribution in [1.82, 2.24) is 15.6 Å². The maximum atomic E-state index is 6.18. The van der Waals surface area contributed by atoms with Gasteiger partial charge in [-0.1, -0.05) is 36.7 Å². The molecule has 0 unspecified atom stereocenters. The molecule has 124 valence electrons. The van der Waals surface area contributed by atoms with Gasteiger partial charge >= 0.3 is 0 Å². The lowest BCUT2D eigenvalue weighted by molar-refractivity contribution is 0.799. The van der Waals surface area contributed by atoms with Crippen molar-refractivity contribution in [2.24, 2.45) is 4.99 Å². The normalized spacial score (nSPS) is 11.5. The number of guanidine groups is 1. The van der Waals surface area contributed by atoms with E-state index in [1.165, 1.54) is 4.88 Å². The highest BCUT2D eigenvalue weighted by Crippen LogP contribution is 2.15. The van der Waals surface area contributed by atoms with Gasteiger partial charge in [-0.25, -0.2) is 9.98 Å². The molecule has 6 heteroatoms. The molecule has 0 amide bonds. The zero-order valence-corrected chi connectivity index (χ0v) is 15.2. The standard InChI is InChI=1S/C17H23ClN4S/c1-3-14-11-21-16(23-14)12-22-17(19-4-2)20-10-9-13-7-5-6-8-15(13)18/h5-8,11H,3-4,9-10,12H2,1-2H3,(H2,19,20,22). The summed E-state index contributed by atoms with van der Waals surface area (Å²) in [6.07, 6.45) is 3.83. The van der Waals surface area contributed by atoms with Crippen LogP contribution in [0.1, 0.15) is 29.3 Å². The van der Waals surface area contributed by atoms with Gasteiger partial charge in [0.15, 0.2) is 5.96 Å². The summed E-state index contributed by atoms with van der Waals surface area (Å²) in [5.41, 5.74) is 1.14. The van der Waals surface area contributed by atoms with Crippen molar-refractivity contribution in [3.8, 4) is 0 Å². The molecule has 1 aromatic carbocycles. The summed E-state index contributed by atoms with van der Waals surface area (Å²) in [7, 11) is 0. The lowest BCUT2D eigenvalue weighted by Gasteiger charge is -2.11. The van der Waals surface area contributed by atoms with Crippen LogP contribution < -0.4 is 10.6 Å². The fourth-order valence-corrected chi connectivity index (χ4v) is 3.11. The molecule has 0 saturated heterocycles. The largest absolute Gasteiger partial charge is 0.357 e. The number of benzene rings is 1. The molecular formula is C17H23ClN4S. The predicted octanol–water partition coefficient (Wildman–Crippen LogP) is 3.66. The van der Waals surface area contributed by atoms with Gasteiger partial charge in [-0.3, -0.25) is 0 Å². The number of hydrogen-bond acceptors (Lipinski definition) is 3. The van der Waals surface area contributed by atoms with Crippen molar-refractivity contribution >= 4 is 28.9 Å². The molecule has 4 nitrogen and oxygen atoms in total. The summed E-state index contributed by atoms with van der Waals surface area (Å²) in [5.74, 6) is 0.813. The molecule has 1 aromatic heterocycles. The molecule has 2 rings (SSSR count). The van der Waals surface area contributed by atoms with E-state index in [4.69, 9.17) is 11.6 Å². The average Bonchev–Trinajstić information content (AvgIpc) is 3.02. The Kier molecular flexibility index (Phi) is 7.36. The third-order valence-corrected chi connectivity index (χ3v) is 4.81. The molecule has 2 aromatic rings. The van der Waals surface area contributed by atoms with Gasteiger partial charge in [0.25, 0.3) is 0 Å². The number of halogens is 1. The summed E-state index contributed by atoms with van der Waals surface area (Å²) < 4.78 is 0. The number of nitrogens with one attached hydrogen (secondary N) is 2. The molecule has 0 radical (unpaired) electrons. The summed E-state index contributed by atoms with van der Waals surface area (Å²) in [6, 6.07) is 7.93. The molecule has 0 bridgehead atoms. The third kappa shape index (κ3) is 5.84. The fraction of sp³-hybridized carbons (Fsp3) is 0.412. The maximum absolute atomic E-state index is 6.18. The van der Waals surface area contributed by atoms with Gasteiger partial charge < -0.3 is 10.6 Å². The molecule has 0 saturated carbocycles. The Labute approximate surface area is 147 Å². The van der Waals surface area contributed by atoms with Gasteiger partial charge in [0.05, 0.1) is 6.54 Å². The molecule has 0 atom stereocenters. The zero-order chi connectivity index (χ0) is 16.5. The Bertz CT molecular complexity index is 639. The fourth-order valence-electron chi connectivity index (χ4n) is 2.09. The highest BCUT2D eigenvalue weighted by molar-refractivity contribution is 7.11. The van der Waals surface area contributed by atoms with Crippen molar-refractivity contribution in [2.75, 3.05) is 13.1 Å². The first-order valence-electron chi connectivity index (χ1n) is 7.92. The van der Waals surface area contributed by atoms with E-state index in [1.54, 1.807) is 11.3 Å². The van der Waals surface area contributed by atoms with Crippen LogP contribution in [0.15, 0.2) is 35.5 Å². The lowest BCUT2D eigenvalue weighted by atomic mass is 10.1. The molecule has 0 aliphatic rings. The van der Waals surface area contributed by atoms with Gasteiger partial charge in [0.1, 0.15) is 5.01 Å². The van der Waals surface area contributed by atoms with Crippen LogP contribution >= 0.6 is 22.9 Å². The SMILES string of the molecule is CCNC(=NCc1ncc(CC)s1)NCCc1ccccc1Cl. The number of hydrogen-bond donors (Lipinski definition) is 2. The molecule has 0 spiro atoms. The van der Waals surface area contributed by atoms with E-state index in [1.807, 2.05) is 24.4 Å². The number of aromatic nitrogens is 1. The minimum absolute atomic E-state index is 0.603. The number of aliphatic imine (C=N–C) groups is 1. The van der Waals surface area contributed by atoms with Crippen molar-refractivity contribution in [3.05, 3.63) is 50.9 Å². The molecule has 0 fully saturated rings. The Balaban J connectivity index is 1.87. The molecule has 0 aliphatic heterocycles. The summed E-state index contributed by atoms with van der Waals surface area (Å²) in [6.45, 7) is 6.42. The highest BCUT2D eigenvalue weighted by Gasteiger charge is 2.03. The first-order chi connectivity index (χ1) is 11.2. The molecule has 1 heterocycles. The average molecular weight is 351 g/mol. The minimum atomic E-state index is 0.603. The number of thiazole rings is 1. The summed E-state index contributed by atoms with van der Waals surface area (Å²) >= 11 is 7.90. The van der Waals surface area contributed by atoms with Gasteiger partial charge in [-0.2, -0.15) is 0 Å². The summed E-state index contributed by atoms with van der Waals surface area (Å²) in [5, 5.41) is 8.46. The van der Waals surface area contributed by atoms with E-state index in [-0.39, 0.29) is 0 Å². The van der Waals surface area contributed by atoms with Crippen molar-refractivity contribution in [2.45, 2.75) is 33.2 Å². The first kappa shape index (κ1) is 17.8. The topological polar surface area (TPSA) is 49.3 Å². The van der Waals surface area contributed by atoms with Crippen LogP contribution in [-0.2, 0) is 19.4 Å². The van der Waals surface area contributed by atoms with Crippen molar-refractivity contribution in [3.63, 3.8) is 0 Å². The second kappa shape index (κ2) is 9.53. The van der Waals surface area contributed by atoms with Gasteiger partial charge in [-0.15, -0.1) is 11.3 Å². The first-order valence-corrected chi connectivity index (χ1v) is 9.11. The lowest BCUT2D eigenvalue weighted by Crippen LogP contribution is -2.38. The zero-order valence-electron chi connectivity index (χ0n) is 13.6. The van der Waals surface area contributed by atoms with Crippen LogP contribution in [0.2, 0.25) is 5.02 Å². The maximum Gasteiger partial charge on any atom is 0.191 e. The monoisotopic (exact) mass is 350 g/mol. The van der Waals surface area contributed by atoms with Crippen LogP contribution in [0.3, 0.4) is 0 Å². The highest BCUT2D eigenvalue weighted by atomic mass is 35.5. The van der Waals surface area contributed by atoms with E-state index in [9.17, 15) is 0 Å².